The molecular weight excluding hydrogens is 372 g/mol. The Hall–Kier alpha value is -4.20. The molecule has 8 heteroatoms. The quantitative estimate of drug-likeness (QED) is 0.267. The summed E-state index contributed by atoms with van der Waals surface area (Å²) in [7, 11) is 0. The molecule has 0 bridgehead atoms. The second-order valence-corrected chi connectivity index (χ2v) is 6.57. The SMILES string of the molecule is Cc1ccc2nc(-c3cc(N=Cc4cc([N+](=O)[O-])ccc4O)ccc3O)[nH]c2c1. The number of nitro groups is 1. The number of nitrogens with one attached hydrogen (secondary N) is 1. The van der Waals surface area contributed by atoms with Crippen LogP contribution >= 0.6 is 0 Å². The number of phenols is 2. The molecule has 29 heavy (non-hydrogen) atoms. The van der Waals surface area contributed by atoms with Crippen molar-refractivity contribution in [2.45, 2.75) is 6.92 Å². The molecule has 0 aliphatic heterocycles. The number of nitrogens with zero attached hydrogens (tertiary/aromatic N) is 3. The second kappa shape index (κ2) is 7.08. The van der Waals surface area contributed by atoms with E-state index < -0.39 is 4.92 Å². The number of phenolic OH excluding ortho intramolecular Hbond substituents is 2. The second-order valence-electron chi connectivity index (χ2n) is 6.57. The number of nitro benzene ring substituents is 1. The van der Waals surface area contributed by atoms with E-state index in [-0.39, 0.29) is 22.7 Å². The van der Waals surface area contributed by atoms with Crippen molar-refractivity contribution in [2.24, 2.45) is 4.99 Å². The number of hydrogen-bond acceptors (Lipinski definition) is 6. The van der Waals surface area contributed by atoms with Gasteiger partial charge in [-0.25, -0.2) is 4.98 Å². The number of aromatic amines is 1. The molecule has 0 amide bonds. The first-order valence-electron chi connectivity index (χ1n) is 8.72. The molecule has 0 saturated heterocycles. The van der Waals surface area contributed by atoms with E-state index in [1.54, 1.807) is 12.1 Å². The number of aliphatic imine (C=N–C) groups is 1. The van der Waals surface area contributed by atoms with Gasteiger partial charge in [-0.05, 0) is 48.9 Å². The van der Waals surface area contributed by atoms with E-state index in [9.17, 15) is 20.3 Å². The summed E-state index contributed by atoms with van der Waals surface area (Å²) < 4.78 is 0. The van der Waals surface area contributed by atoms with E-state index in [0.29, 0.717) is 17.1 Å². The molecule has 0 saturated carbocycles. The lowest BCUT2D eigenvalue weighted by molar-refractivity contribution is -0.384. The molecule has 144 valence electrons. The van der Waals surface area contributed by atoms with Gasteiger partial charge in [-0.1, -0.05) is 6.07 Å². The van der Waals surface area contributed by atoms with Crippen molar-refractivity contribution in [3.63, 3.8) is 0 Å². The Balaban J connectivity index is 1.71. The molecular formula is C21H16N4O4. The van der Waals surface area contributed by atoms with Crippen molar-refractivity contribution in [3.05, 3.63) is 75.8 Å². The number of benzene rings is 3. The number of imidazole rings is 1. The molecule has 1 aromatic heterocycles. The molecule has 3 aromatic carbocycles. The van der Waals surface area contributed by atoms with Crippen LogP contribution in [0.15, 0.2) is 59.6 Å². The molecule has 8 nitrogen and oxygen atoms in total. The lowest BCUT2D eigenvalue weighted by Crippen LogP contribution is -1.90. The third-order valence-corrected chi connectivity index (χ3v) is 4.45. The number of hydrogen-bond donors (Lipinski definition) is 3. The highest BCUT2D eigenvalue weighted by Gasteiger charge is 2.12. The number of aromatic hydroxyl groups is 2. The highest BCUT2D eigenvalue weighted by Crippen LogP contribution is 2.32. The van der Waals surface area contributed by atoms with Crippen molar-refractivity contribution >= 4 is 28.6 Å². The molecule has 0 atom stereocenters. The van der Waals surface area contributed by atoms with Gasteiger partial charge in [0.2, 0.25) is 0 Å². The van der Waals surface area contributed by atoms with Crippen LogP contribution in [0.3, 0.4) is 0 Å². The number of fused-ring (bicyclic) bond motifs is 1. The average molecular weight is 388 g/mol. The summed E-state index contributed by atoms with van der Waals surface area (Å²) in [5.41, 5.74) is 3.75. The van der Waals surface area contributed by atoms with Crippen LogP contribution in [-0.4, -0.2) is 31.3 Å². The topological polar surface area (TPSA) is 125 Å². The number of rotatable bonds is 4. The zero-order valence-electron chi connectivity index (χ0n) is 15.3. The Morgan fingerprint density at radius 2 is 1.86 bits per heavy atom. The van der Waals surface area contributed by atoms with Gasteiger partial charge in [0.05, 0.1) is 27.2 Å². The number of H-pyrrole nitrogens is 1. The fraction of sp³-hybridized carbons (Fsp3) is 0.0476. The summed E-state index contributed by atoms with van der Waals surface area (Å²) in [5, 5.41) is 31.1. The van der Waals surface area contributed by atoms with Crippen LogP contribution in [0, 0.1) is 17.0 Å². The largest absolute Gasteiger partial charge is 0.507 e. The minimum atomic E-state index is -0.543. The molecule has 0 unspecified atom stereocenters. The standard InChI is InChI=1S/C21H16N4O4/c1-12-2-5-17-18(8-12)24-21(23-17)16-10-14(3-6-20(16)27)22-11-13-9-15(25(28)29)4-7-19(13)26/h2-11,26-27H,1H3,(H,23,24). The van der Waals surface area contributed by atoms with Gasteiger partial charge in [0.1, 0.15) is 17.3 Å². The zero-order chi connectivity index (χ0) is 20.5. The smallest absolute Gasteiger partial charge is 0.270 e. The van der Waals surface area contributed by atoms with Crippen molar-refractivity contribution in [3.8, 4) is 22.9 Å². The van der Waals surface area contributed by atoms with Crippen molar-refractivity contribution in [1.82, 2.24) is 9.97 Å². The lowest BCUT2D eigenvalue weighted by Gasteiger charge is -2.03. The summed E-state index contributed by atoms with van der Waals surface area (Å²) in [4.78, 5) is 22.3. The van der Waals surface area contributed by atoms with E-state index in [0.717, 1.165) is 16.6 Å². The van der Waals surface area contributed by atoms with Gasteiger partial charge in [-0.2, -0.15) is 0 Å². The van der Waals surface area contributed by atoms with Crippen LogP contribution in [0.25, 0.3) is 22.4 Å². The van der Waals surface area contributed by atoms with Crippen molar-refractivity contribution in [2.75, 3.05) is 0 Å². The Morgan fingerprint density at radius 1 is 1.07 bits per heavy atom. The van der Waals surface area contributed by atoms with Gasteiger partial charge in [0.25, 0.3) is 5.69 Å². The third-order valence-electron chi connectivity index (χ3n) is 4.45. The highest BCUT2D eigenvalue weighted by atomic mass is 16.6. The Bertz CT molecular complexity index is 1280. The molecule has 0 aliphatic rings. The fourth-order valence-corrected chi connectivity index (χ4v) is 2.95. The number of aromatic nitrogens is 2. The highest BCUT2D eigenvalue weighted by molar-refractivity contribution is 5.87. The summed E-state index contributed by atoms with van der Waals surface area (Å²) in [6.45, 7) is 1.98. The minimum absolute atomic E-state index is 0.0397. The van der Waals surface area contributed by atoms with Crippen LogP contribution < -0.4 is 0 Å². The first kappa shape index (κ1) is 18.2. The number of non-ortho nitro benzene ring substituents is 1. The van der Waals surface area contributed by atoms with E-state index in [4.69, 9.17) is 0 Å². The maximum atomic E-state index is 10.9. The van der Waals surface area contributed by atoms with E-state index in [1.165, 1.54) is 30.5 Å². The Kier molecular flexibility index (Phi) is 4.44. The van der Waals surface area contributed by atoms with Crippen LogP contribution in [-0.2, 0) is 0 Å². The van der Waals surface area contributed by atoms with Crippen LogP contribution in [0.1, 0.15) is 11.1 Å². The zero-order valence-corrected chi connectivity index (χ0v) is 15.3. The molecule has 1 heterocycles. The molecule has 4 aromatic rings. The van der Waals surface area contributed by atoms with E-state index in [1.807, 2.05) is 25.1 Å². The van der Waals surface area contributed by atoms with Crippen molar-refractivity contribution in [1.29, 1.82) is 0 Å². The maximum absolute atomic E-state index is 10.9. The normalized spacial score (nSPS) is 11.3. The van der Waals surface area contributed by atoms with Crippen LogP contribution in [0.2, 0.25) is 0 Å². The van der Waals surface area contributed by atoms with E-state index >= 15 is 0 Å². The summed E-state index contributed by atoms with van der Waals surface area (Å²) in [6.07, 6.45) is 1.33. The van der Waals surface area contributed by atoms with Gasteiger partial charge in [0.15, 0.2) is 0 Å². The third kappa shape index (κ3) is 3.63. The molecule has 3 N–H and O–H groups in total. The average Bonchev–Trinajstić information content (AvgIpc) is 3.11. The predicted molar refractivity (Wildman–Crippen MR) is 110 cm³/mol. The molecule has 0 fully saturated rings. The first-order chi connectivity index (χ1) is 13.9. The summed E-state index contributed by atoms with van der Waals surface area (Å²) in [5.74, 6) is 0.419. The Labute approximate surface area is 165 Å². The van der Waals surface area contributed by atoms with Crippen LogP contribution in [0.4, 0.5) is 11.4 Å². The minimum Gasteiger partial charge on any atom is -0.507 e. The fourth-order valence-electron chi connectivity index (χ4n) is 2.95. The Morgan fingerprint density at radius 3 is 2.66 bits per heavy atom. The van der Waals surface area contributed by atoms with Gasteiger partial charge >= 0.3 is 0 Å². The lowest BCUT2D eigenvalue weighted by atomic mass is 10.1. The van der Waals surface area contributed by atoms with Crippen molar-refractivity contribution < 1.29 is 15.1 Å². The predicted octanol–water partition coefficient (Wildman–Crippen LogP) is 4.61. The van der Waals surface area contributed by atoms with Crippen LogP contribution in [0.5, 0.6) is 11.5 Å². The van der Waals surface area contributed by atoms with Gasteiger partial charge < -0.3 is 15.2 Å². The van der Waals surface area contributed by atoms with Gasteiger partial charge in [-0.3, -0.25) is 15.1 Å². The molecule has 4 rings (SSSR count). The van der Waals surface area contributed by atoms with E-state index in [2.05, 4.69) is 15.0 Å². The summed E-state index contributed by atoms with van der Waals surface area (Å²) >= 11 is 0. The van der Waals surface area contributed by atoms with Gasteiger partial charge in [0, 0.05) is 23.9 Å². The van der Waals surface area contributed by atoms with Gasteiger partial charge in [-0.15, -0.1) is 0 Å². The molecule has 0 spiro atoms. The number of aryl methyl sites for hydroxylation is 1. The summed E-state index contributed by atoms with van der Waals surface area (Å²) in [6, 6.07) is 14.3. The molecule has 0 radical (unpaired) electrons. The monoisotopic (exact) mass is 388 g/mol. The molecule has 0 aliphatic carbocycles. The maximum Gasteiger partial charge on any atom is 0.270 e. The first-order valence-corrected chi connectivity index (χ1v) is 8.72.